The molecule has 148 valence electrons. The molecule has 0 bridgehead atoms. The molecule has 1 aliphatic carbocycles. The van der Waals surface area contributed by atoms with Crippen molar-refractivity contribution in [2.24, 2.45) is 5.92 Å². The first-order valence-electron chi connectivity index (χ1n) is 10.6. The summed E-state index contributed by atoms with van der Waals surface area (Å²) >= 11 is 6.08. The molecule has 1 aliphatic rings. The molecule has 0 aromatic heterocycles. The zero-order valence-corrected chi connectivity index (χ0v) is 17.7. The smallest absolute Gasteiger partial charge is 0.0850 e. The van der Waals surface area contributed by atoms with Crippen molar-refractivity contribution in [2.75, 3.05) is 19.6 Å². The van der Waals surface area contributed by atoms with Crippen LogP contribution in [0.15, 0.2) is 54.6 Å². The lowest BCUT2D eigenvalue weighted by atomic mass is 9.74. The molecule has 2 aromatic rings. The topological polar surface area (TPSA) is 27.0 Å². The van der Waals surface area contributed by atoms with Crippen molar-refractivity contribution < 1.29 is 0 Å². The molecule has 2 nitrogen and oxygen atoms in total. The maximum Gasteiger partial charge on any atom is 0.0850 e. The van der Waals surface area contributed by atoms with E-state index in [1.807, 2.05) is 12.1 Å². The fraction of sp³-hybridized carbons (Fsp3) is 0.480. The maximum atomic E-state index is 10.1. The third kappa shape index (κ3) is 5.37. The van der Waals surface area contributed by atoms with Gasteiger partial charge in [-0.3, -0.25) is 0 Å². The van der Waals surface area contributed by atoms with Crippen molar-refractivity contribution in [1.82, 2.24) is 4.90 Å². The molecule has 0 heterocycles. The van der Waals surface area contributed by atoms with E-state index in [0.29, 0.717) is 5.92 Å². The second kappa shape index (κ2) is 10.1. The molecule has 1 unspecified atom stereocenters. The molecule has 1 saturated carbocycles. The molecule has 3 heteroatoms. The summed E-state index contributed by atoms with van der Waals surface area (Å²) in [7, 11) is 0. The minimum absolute atomic E-state index is 0.345. The number of rotatable bonds is 11. The predicted octanol–water partition coefficient (Wildman–Crippen LogP) is 6.25. The molecule has 0 N–H and O–H groups in total. The maximum absolute atomic E-state index is 10.1. The van der Waals surface area contributed by atoms with Crippen LogP contribution in [0.1, 0.15) is 50.2 Å². The summed E-state index contributed by atoms with van der Waals surface area (Å²) < 4.78 is 0. The lowest BCUT2D eigenvalue weighted by Crippen LogP contribution is -2.32. The Morgan fingerprint density at radius 2 is 1.75 bits per heavy atom. The van der Waals surface area contributed by atoms with Crippen LogP contribution in [0.25, 0.3) is 0 Å². The first-order valence-corrected chi connectivity index (χ1v) is 11.0. The molecular formula is C25H31ClN2. The van der Waals surface area contributed by atoms with Crippen LogP contribution in [-0.2, 0) is 11.8 Å². The number of benzene rings is 2. The summed E-state index contributed by atoms with van der Waals surface area (Å²) in [5.41, 5.74) is 2.20. The van der Waals surface area contributed by atoms with Gasteiger partial charge in [-0.25, -0.2) is 0 Å². The number of hydrogen-bond acceptors (Lipinski definition) is 2. The van der Waals surface area contributed by atoms with Crippen molar-refractivity contribution in [2.45, 2.75) is 50.9 Å². The molecule has 1 atom stereocenters. The van der Waals surface area contributed by atoms with Crippen LogP contribution >= 0.6 is 11.6 Å². The molecule has 0 aliphatic heterocycles. The first kappa shape index (κ1) is 20.9. The lowest BCUT2D eigenvalue weighted by molar-refractivity contribution is 0.260. The van der Waals surface area contributed by atoms with Crippen molar-refractivity contribution in [1.29, 1.82) is 5.26 Å². The average Bonchev–Trinajstić information content (AvgIpc) is 3.57. The van der Waals surface area contributed by atoms with Gasteiger partial charge in [0.2, 0.25) is 0 Å². The Balaban J connectivity index is 1.60. The highest BCUT2D eigenvalue weighted by molar-refractivity contribution is 6.30. The summed E-state index contributed by atoms with van der Waals surface area (Å²) in [5.74, 6) is 0.502. The van der Waals surface area contributed by atoms with Gasteiger partial charge in [-0.2, -0.15) is 5.26 Å². The van der Waals surface area contributed by atoms with E-state index >= 15 is 0 Å². The van der Waals surface area contributed by atoms with Crippen LogP contribution in [0, 0.1) is 17.2 Å². The highest BCUT2D eigenvalue weighted by Gasteiger charge is 2.46. The van der Waals surface area contributed by atoms with E-state index in [0.717, 1.165) is 55.9 Å². The number of nitriles is 1. The van der Waals surface area contributed by atoms with E-state index in [2.05, 4.69) is 60.4 Å². The molecule has 0 amide bonds. The lowest BCUT2D eigenvalue weighted by Gasteiger charge is -2.29. The van der Waals surface area contributed by atoms with E-state index in [-0.39, 0.29) is 5.41 Å². The Morgan fingerprint density at radius 1 is 1.04 bits per heavy atom. The Kier molecular flexibility index (Phi) is 7.54. The number of hydrogen-bond donors (Lipinski definition) is 0. The van der Waals surface area contributed by atoms with Crippen LogP contribution in [0.3, 0.4) is 0 Å². The van der Waals surface area contributed by atoms with Gasteiger partial charge in [0.05, 0.1) is 11.5 Å². The van der Waals surface area contributed by atoms with Crippen LogP contribution in [0.2, 0.25) is 5.02 Å². The van der Waals surface area contributed by atoms with Crippen LogP contribution < -0.4 is 0 Å². The normalized spacial score (nSPS) is 15.9. The van der Waals surface area contributed by atoms with Gasteiger partial charge in [0.25, 0.3) is 0 Å². The van der Waals surface area contributed by atoms with Gasteiger partial charge >= 0.3 is 0 Å². The molecule has 1 fully saturated rings. The Bertz CT molecular complexity index is 761. The summed E-state index contributed by atoms with van der Waals surface area (Å²) in [6, 6.07) is 21.4. The minimum atomic E-state index is -0.345. The highest BCUT2D eigenvalue weighted by atomic mass is 35.5. The SMILES string of the molecule is CCCN(CCCC(C#N)(c1ccc(Cl)cc1)C1CC1)CCc1ccccc1. The monoisotopic (exact) mass is 394 g/mol. The fourth-order valence-corrected chi connectivity index (χ4v) is 4.41. The van der Waals surface area contributed by atoms with Crippen molar-refractivity contribution in [3.05, 3.63) is 70.7 Å². The van der Waals surface area contributed by atoms with Crippen LogP contribution in [0.4, 0.5) is 0 Å². The van der Waals surface area contributed by atoms with E-state index in [1.54, 1.807) is 0 Å². The third-order valence-corrected chi connectivity index (χ3v) is 6.23. The van der Waals surface area contributed by atoms with Crippen molar-refractivity contribution in [3.8, 4) is 6.07 Å². The third-order valence-electron chi connectivity index (χ3n) is 5.98. The zero-order valence-electron chi connectivity index (χ0n) is 16.9. The minimum Gasteiger partial charge on any atom is -0.303 e. The largest absolute Gasteiger partial charge is 0.303 e. The van der Waals surface area contributed by atoms with Gasteiger partial charge < -0.3 is 4.90 Å². The predicted molar refractivity (Wildman–Crippen MR) is 118 cm³/mol. The fourth-order valence-electron chi connectivity index (χ4n) is 4.28. The van der Waals surface area contributed by atoms with Gasteiger partial charge in [-0.05, 0) is 80.8 Å². The van der Waals surface area contributed by atoms with E-state index < -0.39 is 0 Å². The summed E-state index contributed by atoms with van der Waals surface area (Å²) in [6.45, 7) is 5.51. The Morgan fingerprint density at radius 3 is 2.36 bits per heavy atom. The quantitative estimate of drug-likeness (QED) is 0.450. The van der Waals surface area contributed by atoms with Crippen LogP contribution in [-0.4, -0.2) is 24.5 Å². The summed E-state index contributed by atoms with van der Waals surface area (Å²) in [5, 5.41) is 10.9. The highest BCUT2D eigenvalue weighted by Crippen LogP contribution is 2.50. The van der Waals surface area contributed by atoms with Crippen molar-refractivity contribution >= 4 is 11.6 Å². The molecule has 0 radical (unpaired) electrons. The molecule has 0 spiro atoms. The second-order valence-electron chi connectivity index (χ2n) is 8.05. The van der Waals surface area contributed by atoms with Gasteiger partial charge in [-0.1, -0.05) is 61.0 Å². The summed E-state index contributed by atoms with van der Waals surface area (Å²) in [4.78, 5) is 2.56. The first-order chi connectivity index (χ1) is 13.7. The van der Waals surface area contributed by atoms with Gasteiger partial charge in [0.1, 0.15) is 0 Å². The molecule has 2 aromatic carbocycles. The van der Waals surface area contributed by atoms with Gasteiger partial charge in [0.15, 0.2) is 0 Å². The average molecular weight is 395 g/mol. The van der Waals surface area contributed by atoms with E-state index in [9.17, 15) is 5.26 Å². The zero-order chi connectivity index (χ0) is 19.8. The molecule has 28 heavy (non-hydrogen) atoms. The standard InChI is InChI=1S/C25H31ClN2/c1-2-17-28(19-15-21-7-4-3-5-8-21)18-6-16-25(20-27,22-9-10-22)23-11-13-24(26)14-12-23/h3-5,7-8,11-14,22H,2,6,9-10,15-19H2,1H3. The van der Waals surface area contributed by atoms with Gasteiger partial charge in [0, 0.05) is 11.6 Å². The van der Waals surface area contributed by atoms with E-state index in [1.165, 1.54) is 18.4 Å². The Labute approximate surface area is 175 Å². The van der Waals surface area contributed by atoms with E-state index in [4.69, 9.17) is 11.6 Å². The van der Waals surface area contributed by atoms with Crippen molar-refractivity contribution in [3.63, 3.8) is 0 Å². The molecular weight excluding hydrogens is 364 g/mol. The molecule has 0 saturated heterocycles. The molecule has 3 rings (SSSR count). The second-order valence-corrected chi connectivity index (χ2v) is 8.48. The Hall–Kier alpha value is -1.82. The van der Waals surface area contributed by atoms with Gasteiger partial charge in [-0.15, -0.1) is 0 Å². The number of halogens is 1. The number of nitrogens with zero attached hydrogens (tertiary/aromatic N) is 2. The summed E-state index contributed by atoms with van der Waals surface area (Å²) in [6.07, 6.45) is 6.58. The van der Waals surface area contributed by atoms with Crippen LogP contribution in [0.5, 0.6) is 0 Å².